The molecule has 2 aliphatic carbocycles. The van der Waals surface area contributed by atoms with Crippen molar-refractivity contribution in [1.29, 1.82) is 0 Å². The van der Waals surface area contributed by atoms with E-state index in [1.54, 1.807) is 11.0 Å². The second-order valence-electron chi connectivity index (χ2n) is 8.86. The summed E-state index contributed by atoms with van der Waals surface area (Å²) in [5, 5.41) is 0. The number of hydrogen-bond donors (Lipinski definition) is 0. The molecule has 26 heavy (non-hydrogen) atoms. The van der Waals surface area contributed by atoms with Crippen molar-refractivity contribution < 1.29 is 18.8 Å². The van der Waals surface area contributed by atoms with Crippen LogP contribution < -0.4 is 4.90 Å². The summed E-state index contributed by atoms with van der Waals surface area (Å²) in [6.07, 6.45) is 2.35. The van der Waals surface area contributed by atoms with Gasteiger partial charge in [0.2, 0.25) is 17.5 Å². The van der Waals surface area contributed by atoms with Gasteiger partial charge in [-0.25, -0.2) is 4.39 Å². The number of fused-ring (bicyclic) bond motifs is 3. The summed E-state index contributed by atoms with van der Waals surface area (Å²) < 4.78 is 13.7. The lowest BCUT2D eigenvalue weighted by Gasteiger charge is -2.44. The molecule has 0 saturated heterocycles. The average Bonchev–Trinajstić information content (AvgIpc) is 2.86. The van der Waals surface area contributed by atoms with Gasteiger partial charge in [0.05, 0.1) is 0 Å². The monoisotopic (exact) mass is 357 g/mol. The number of amides is 1. The summed E-state index contributed by atoms with van der Waals surface area (Å²) in [6, 6.07) is 4.34. The number of nitrogens with zero attached hydrogens (tertiary/aromatic N) is 1. The quantitative estimate of drug-likeness (QED) is 0.571. The predicted octanol–water partition coefficient (Wildman–Crippen LogP) is 3.46. The summed E-state index contributed by atoms with van der Waals surface area (Å²) in [6.45, 7) is 7.52. The fraction of sp³-hybridized carbons (Fsp3) is 0.571. The SMILES string of the molecule is CC1CCc2cc(F)ccc2N1C(=O)C12CCC(C)(C(=O)C1=O)C2(C)C. The summed E-state index contributed by atoms with van der Waals surface area (Å²) in [5.74, 6) is -1.57. The molecule has 3 aliphatic rings. The first-order chi connectivity index (χ1) is 12.1. The van der Waals surface area contributed by atoms with E-state index in [0.717, 1.165) is 5.56 Å². The number of carbonyl (C=O) groups is 3. The molecule has 0 radical (unpaired) electrons. The van der Waals surface area contributed by atoms with Crippen molar-refractivity contribution in [2.45, 2.75) is 59.4 Å². The number of Topliss-reactive ketones (excluding diaryl/α,β-unsaturated/α-hetero) is 2. The van der Waals surface area contributed by atoms with Crippen molar-refractivity contribution >= 4 is 23.2 Å². The van der Waals surface area contributed by atoms with E-state index >= 15 is 0 Å². The fourth-order valence-corrected chi connectivity index (χ4v) is 5.48. The highest BCUT2D eigenvalue weighted by molar-refractivity contribution is 6.49. The standard InChI is InChI=1S/C21H24FNO3/c1-12-5-6-13-11-14(22)7-8-15(13)23(12)18(26)21-10-9-20(4,19(21,2)3)16(24)17(21)25/h7-8,11-12H,5-6,9-10H2,1-4H3. The molecule has 0 spiro atoms. The molecule has 4 rings (SSSR count). The van der Waals surface area contributed by atoms with Gasteiger partial charge in [0.15, 0.2) is 0 Å². The molecule has 5 heteroatoms. The Morgan fingerprint density at radius 2 is 1.85 bits per heavy atom. The molecule has 1 aromatic carbocycles. The van der Waals surface area contributed by atoms with Gasteiger partial charge in [-0.3, -0.25) is 14.4 Å². The maximum Gasteiger partial charge on any atom is 0.242 e. The Morgan fingerprint density at radius 1 is 1.15 bits per heavy atom. The van der Waals surface area contributed by atoms with Crippen LogP contribution in [0.3, 0.4) is 0 Å². The van der Waals surface area contributed by atoms with Gasteiger partial charge < -0.3 is 4.90 Å². The number of halogens is 1. The second kappa shape index (κ2) is 5.02. The zero-order valence-electron chi connectivity index (χ0n) is 15.7. The molecule has 138 valence electrons. The molecule has 3 atom stereocenters. The third kappa shape index (κ3) is 1.72. The molecular weight excluding hydrogens is 333 g/mol. The molecule has 2 bridgehead atoms. The number of benzene rings is 1. The normalized spacial score (nSPS) is 35.0. The van der Waals surface area contributed by atoms with Crippen LogP contribution in [-0.2, 0) is 20.8 Å². The maximum atomic E-state index is 13.8. The van der Waals surface area contributed by atoms with Crippen LogP contribution in [0, 0.1) is 22.1 Å². The largest absolute Gasteiger partial charge is 0.308 e. The van der Waals surface area contributed by atoms with Gasteiger partial charge in [-0.15, -0.1) is 0 Å². The highest BCUT2D eigenvalue weighted by atomic mass is 19.1. The minimum atomic E-state index is -1.31. The minimum absolute atomic E-state index is 0.0963. The Morgan fingerprint density at radius 3 is 2.46 bits per heavy atom. The van der Waals surface area contributed by atoms with Crippen LogP contribution in [0.25, 0.3) is 0 Å². The number of hydrogen-bond acceptors (Lipinski definition) is 3. The Kier molecular flexibility index (Phi) is 3.36. The van der Waals surface area contributed by atoms with Crippen LogP contribution >= 0.6 is 0 Å². The van der Waals surface area contributed by atoms with Gasteiger partial charge in [-0.1, -0.05) is 20.8 Å². The van der Waals surface area contributed by atoms with E-state index in [9.17, 15) is 18.8 Å². The lowest BCUT2D eigenvalue weighted by molar-refractivity contribution is -0.148. The number of ketones is 2. The molecule has 2 saturated carbocycles. The summed E-state index contributed by atoms with van der Waals surface area (Å²) >= 11 is 0. The van der Waals surface area contributed by atoms with Crippen molar-refractivity contribution in [2.75, 3.05) is 4.90 Å². The number of carbonyl (C=O) groups excluding carboxylic acids is 3. The van der Waals surface area contributed by atoms with Crippen LogP contribution in [0.5, 0.6) is 0 Å². The summed E-state index contributed by atoms with van der Waals surface area (Å²) in [7, 11) is 0. The lowest BCUT2D eigenvalue weighted by Crippen LogP contribution is -2.56. The van der Waals surface area contributed by atoms with Crippen molar-refractivity contribution in [2.24, 2.45) is 16.2 Å². The van der Waals surface area contributed by atoms with Gasteiger partial charge in [0.1, 0.15) is 11.2 Å². The lowest BCUT2D eigenvalue weighted by atomic mass is 9.64. The third-order valence-electron chi connectivity index (χ3n) is 7.70. The highest BCUT2D eigenvalue weighted by Gasteiger charge is 2.78. The highest BCUT2D eigenvalue weighted by Crippen LogP contribution is 2.69. The maximum absolute atomic E-state index is 13.8. The van der Waals surface area contributed by atoms with Crippen molar-refractivity contribution in [3.05, 3.63) is 29.6 Å². The van der Waals surface area contributed by atoms with E-state index < -0.39 is 27.8 Å². The van der Waals surface area contributed by atoms with Crippen molar-refractivity contribution in [3.8, 4) is 0 Å². The Labute approximate surface area is 152 Å². The molecule has 0 N–H and O–H groups in total. The van der Waals surface area contributed by atoms with Crippen LogP contribution in [0.2, 0.25) is 0 Å². The molecule has 1 heterocycles. The topological polar surface area (TPSA) is 54.5 Å². The number of rotatable bonds is 1. The fourth-order valence-electron chi connectivity index (χ4n) is 5.48. The number of aryl methyl sites for hydroxylation is 1. The first kappa shape index (κ1) is 17.4. The Balaban J connectivity index is 1.87. The summed E-state index contributed by atoms with van der Waals surface area (Å²) in [5.41, 5.74) is -1.38. The number of anilines is 1. The molecule has 2 fully saturated rings. The van der Waals surface area contributed by atoms with Gasteiger partial charge >= 0.3 is 0 Å². The molecule has 1 aromatic rings. The zero-order chi connectivity index (χ0) is 19.1. The van der Waals surface area contributed by atoms with Crippen LogP contribution in [0.15, 0.2) is 18.2 Å². The Hall–Kier alpha value is -2.04. The second-order valence-corrected chi connectivity index (χ2v) is 8.86. The molecule has 4 nitrogen and oxygen atoms in total. The predicted molar refractivity (Wildman–Crippen MR) is 95.2 cm³/mol. The van der Waals surface area contributed by atoms with E-state index in [1.165, 1.54) is 12.1 Å². The van der Waals surface area contributed by atoms with E-state index in [-0.39, 0.29) is 17.8 Å². The first-order valence-electron chi connectivity index (χ1n) is 9.29. The van der Waals surface area contributed by atoms with E-state index in [4.69, 9.17) is 0 Å². The van der Waals surface area contributed by atoms with Crippen LogP contribution in [0.4, 0.5) is 10.1 Å². The van der Waals surface area contributed by atoms with Crippen LogP contribution in [-0.4, -0.2) is 23.5 Å². The first-order valence-corrected chi connectivity index (χ1v) is 9.29. The van der Waals surface area contributed by atoms with Crippen molar-refractivity contribution in [3.63, 3.8) is 0 Å². The third-order valence-corrected chi connectivity index (χ3v) is 7.70. The minimum Gasteiger partial charge on any atom is -0.308 e. The smallest absolute Gasteiger partial charge is 0.242 e. The molecule has 3 unspecified atom stereocenters. The van der Waals surface area contributed by atoms with Crippen LogP contribution in [0.1, 0.15) is 52.5 Å². The van der Waals surface area contributed by atoms with Gasteiger partial charge in [0.25, 0.3) is 0 Å². The van der Waals surface area contributed by atoms with Gasteiger partial charge in [-0.05, 0) is 61.8 Å². The molecule has 0 aromatic heterocycles. The van der Waals surface area contributed by atoms with Gasteiger partial charge in [-0.2, -0.15) is 0 Å². The molecular formula is C21H24FNO3. The summed E-state index contributed by atoms with van der Waals surface area (Å²) in [4.78, 5) is 41.2. The van der Waals surface area contributed by atoms with E-state index in [2.05, 4.69) is 0 Å². The molecule has 1 amide bonds. The average molecular weight is 357 g/mol. The van der Waals surface area contributed by atoms with E-state index in [1.807, 2.05) is 27.7 Å². The van der Waals surface area contributed by atoms with E-state index in [0.29, 0.717) is 31.4 Å². The van der Waals surface area contributed by atoms with Gasteiger partial charge in [0, 0.05) is 17.1 Å². The Bertz CT molecular complexity index is 861. The van der Waals surface area contributed by atoms with Crippen molar-refractivity contribution in [1.82, 2.24) is 0 Å². The zero-order valence-corrected chi connectivity index (χ0v) is 15.7. The molecule has 1 aliphatic heterocycles.